The summed E-state index contributed by atoms with van der Waals surface area (Å²) in [5.74, 6) is 7.51. The largest absolute Gasteiger partial charge is 0.495 e. The Morgan fingerprint density at radius 2 is 1.90 bits per heavy atom. The molecule has 1 heterocycles. The van der Waals surface area contributed by atoms with Crippen molar-refractivity contribution in [2.24, 2.45) is 5.84 Å². The predicted octanol–water partition coefficient (Wildman–Crippen LogP) is 1.81. The van der Waals surface area contributed by atoms with E-state index in [2.05, 4.69) is 31.3 Å². The van der Waals surface area contributed by atoms with Crippen LogP contribution in [0, 0.1) is 0 Å². The van der Waals surface area contributed by atoms with Crippen LogP contribution in [0.5, 0.6) is 11.5 Å². The third-order valence-corrected chi connectivity index (χ3v) is 3.59. The highest BCUT2D eigenvalue weighted by Crippen LogP contribution is 2.40. The van der Waals surface area contributed by atoms with Crippen molar-refractivity contribution in [3.05, 3.63) is 46.5 Å². The predicted molar refractivity (Wildman–Crippen MR) is 78.4 cm³/mol. The zero-order valence-corrected chi connectivity index (χ0v) is 12.7. The molecule has 0 saturated carbocycles. The van der Waals surface area contributed by atoms with E-state index in [4.69, 9.17) is 15.3 Å². The molecular formula is C13H15BrN4O2. The van der Waals surface area contributed by atoms with E-state index in [1.54, 1.807) is 32.7 Å². The minimum Gasteiger partial charge on any atom is -0.495 e. The molecule has 0 bridgehead atoms. The molecule has 0 amide bonds. The van der Waals surface area contributed by atoms with Gasteiger partial charge in [0, 0.05) is 18.0 Å². The fourth-order valence-corrected chi connectivity index (χ4v) is 2.59. The number of benzene rings is 1. The van der Waals surface area contributed by atoms with Gasteiger partial charge in [-0.1, -0.05) is 0 Å². The topological polar surface area (TPSA) is 82.3 Å². The van der Waals surface area contributed by atoms with Gasteiger partial charge in [-0.15, -0.1) is 0 Å². The Morgan fingerprint density at radius 3 is 2.45 bits per heavy atom. The van der Waals surface area contributed by atoms with Crippen LogP contribution in [-0.4, -0.2) is 24.2 Å². The van der Waals surface area contributed by atoms with Crippen molar-refractivity contribution in [2.75, 3.05) is 14.2 Å². The number of hydrogen-bond donors (Lipinski definition) is 2. The molecule has 0 aliphatic heterocycles. The molecule has 106 valence electrons. The van der Waals surface area contributed by atoms with E-state index >= 15 is 0 Å². The van der Waals surface area contributed by atoms with E-state index < -0.39 is 0 Å². The van der Waals surface area contributed by atoms with Gasteiger partial charge < -0.3 is 9.47 Å². The Balaban J connectivity index is 2.53. The van der Waals surface area contributed by atoms with Crippen LogP contribution in [0.4, 0.5) is 0 Å². The fraction of sp³-hybridized carbons (Fsp3) is 0.231. The van der Waals surface area contributed by atoms with Gasteiger partial charge in [0.05, 0.1) is 14.2 Å². The van der Waals surface area contributed by atoms with Crippen molar-refractivity contribution < 1.29 is 9.47 Å². The molecule has 20 heavy (non-hydrogen) atoms. The molecule has 0 saturated heterocycles. The number of hydrazine groups is 1. The average molecular weight is 339 g/mol. The van der Waals surface area contributed by atoms with Gasteiger partial charge in [-0.3, -0.25) is 5.84 Å². The lowest BCUT2D eigenvalue weighted by Gasteiger charge is -2.19. The highest BCUT2D eigenvalue weighted by atomic mass is 79.9. The average Bonchev–Trinajstić information content (AvgIpc) is 2.49. The Labute approximate surface area is 125 Å². The van der Waals surface area contributed by atoms with Gasteiger partial charge in [0.2, 0.25) is 0 Å². The SMILES string of the molecule is COc1ccc(C(NN)c2ncccn2)c(OC)c1Br. The molecule has 3 N–H and O–H groups in total. The maximum Gasteiger partial charge on any atom is 0.151 e. The van der Waals surface area contributed by atoms with Crippen LogP contribution in [0.2, 0.25) is 0 Å². The third kappa shape index (κ3) is 2.74. The second kappa shape index (κ2) is 6.65. The lowest BCUT2D eigenvalue weighted by molar-refractivity contribution is 0.382. The minimum absolute atomic E-state index is 0.381. The highest BCUT2D eigenvalue weighted by Gasteiger charge is 2.22. The number of aromatic nitrogens is 2. The molecule has 2 aromatic rings. The third-order valence-electron chi connectivity index (χ3n) is 2.84. The summed E-state index contributed by atoms with van der Waals surface area (Å²) >= 11 is 3.46. The van der Waals surface area contributed by atoms with Crippen LogP contribution in [-0.2, 0) is 0 Å². The second-order valence-corrected chi connectivity index (χ2v) is 4.70. The van der Waals surface area contributed by atoms with E-state index in [9.17, 15) is 0 Å². The number of nitrogens with two attached hydrogens (primary N) is 1. The summed E-state index contributed by atoms with van der Waals surface area (Å²) in [5, 5.41) is 0. The molecule has 0 spiro atoms. The first kappa shape index (κ1) is 14.7. The standard InChI is InChI=1S/C13H15BrN4O2/c1-19-9-5-4-8(12(20-2)10(9)14)11(18-15)13-16-6-3-7-17-13/h3-7,11,18H,15H2,1-2H3. The van der Waals surface area contributed by atoms with Gasteiger partial charge in [0.15, 0.2) is 5.82 Å². The number of hydrogen-bond acceptors (Lipinski definition) is 6. The van der Waals surface area contributed by atoms with Crippen LogP contribution in [0.1, 0.15) is 17.4 Å². The monoisotopic (exact) mass is 338 g/mol. The first-order valence-corrected chi connectivity index (χ1v) is 6.65. The Morgan fingerprint density at radius 1 is 1.20 bits per heavy atom. The van der Waals surface area contributed by atoms with Crippen LogP contribution in [0.25, 0.3) is 0 Å². The summed E-state index contributed by atoms with van der Waals surface area (Å²) in [5.41, 5.74) is 3.52. The summed E-state index contributed by atoms with van der Waals surface area (Å²) in [4.78, 5) is 8.44. The van der Waals surface area contributed by atoms with Crippen molar-refractivity contribution >= 4 is 15.9 Å². The van der Waals surface area contributed by atoms with E-state index in [1.165, 1.54) is 0 Å². The van der Waals surface area contributed by atoms with Crippen molar-refractivity contribution in [1.82, 2.24) is 15.4 Å². The zero-order chi connectivity index (χ0) is 14.5. The van der Waals surface area contributed by atoms with Crippen molar-refractivity contribution in [1.29, 1.82) is 0 Å². The summed E-state index contributed by atoms with van der Waals surface area (Å²) in [7, 11) is 3.18. The molecule has 7 heteroatoms. The summed E-state index contributed by atoms with van der Waals surface area (Å²) in [6, 6.07) is 5.06. The summed E-state index contributed by atoms with van der Waals surface area (Å²) in [6.45, 7) is 0. The molecule has 1 aromatic carbocycles. The van der Waals surface area contributed by atoms with E-state index in [1.807, 2.05) is 12.1 Å². The van der Waals surface area contributed by atoms with Crippen molar-refractivity contribution in [2.45, 2.75) is 6.04 Å². The van der Waals surface area contributed by atoms with Crippen molar-refractivity contribution in [3.8, 4) is 11.5 Å². The Kier molecular flexibility index (Phi) is 4.89. The van der Waals surface area contributed by atoms with Crippen LogP contribution in [0.3, 0.4) is 0 Å². The number of ether oxygens (including phenoxy) is 2. The number of nitrogens with zero attached hydrogens (tertiary/aromatic N) is 2. The van der Waals surface area contributed by atoms with Gasteiger partial charge in [0.1, 0.15) is 22.0 Å². The summed E-state index contributed by atoms with van der Waals surface area (Å²) in [6.07, 6.45) is 3.33. The van der Waals surface area contributed by atoms with Gasteiger partial charge in [0.25, 0.3) is 0 Å². The molecule has 1 aromatic heterocycles. The maximum atomic E-state index is 5.65. The molecule has 0 aliphatic rings. The van der Waals surface area contributed by atoms with E-state index in [-0.39, 0.29) is 6.04 Å². The molecule has 0 fully saturated rings. The Bertz CT molecular complexity index is 580. The first-order chi connectivity index (χ1) is 9.72. The second-order valence-electron chi connectivity index (χ2n) is 3.91. The lowest BCUT2D eigenvalue weighted by Crippen LogP contribution is -2.30. The molecule has 6 nitrogen and oxygen atoms in total. The maximum absolute atomic E-state index is 5.65. The van der Waals surface area contributed by atoms with E-state index in [0.717, 1.165) is 10.0 Å². The smallest absolute Gasteiger partial charge is 0.151 e. The van der Waals surface area contributed by atoms with Crippen LogP contribution in [0.15, 0.2) is 35.1 Å². The van der Waals surface area contributed by atoms with Crippen molar-refractivity contribution in [3.63, 3.8) is 0 Å². The number of halogens is 1. The fourth-order valence-electron chi connectivity index (χ4n) is 1.91. The Hall–Kier alpha value is -1.70. The highest BCUT2D eigenvalue weighted by molar-refractivity contribution is 9.10. The molecule has 2 rings (SSSR count). The quantitative estimate of drug-likeness (QED) is 0.639. The van der Waals surface area contributed by atoms with E-state index in [0.29, 0.717) is 17.3 Å². The number of methoxy groups -OCH3 is 2. The molecule has 1 atom stereocenters. The summed E-state index contributed by atoms with van der Waals surface area (Å²) < 4.78 is 11.4. The number of rotatable bonds is 5. The van der Waals surface area contributed by atoms with Gasteiger partial charge in [-0.25, -0.2) is 15.4 Å². The van der Waals surface area contributed by atoms with Gasteiger partial charge in [-0.05, 0) is 34.1 Å². The van der Waals surface area contributed by atoms with Gasteiger partial charge >= 0.3 is 0 Å². The molecule has 0 aliphatic carbocycles. The minimum atomic E-state index is -0.381. The van der Waals surface area contributed by atoms with Crippen LogP contribution < -0.4 is 20.7 Å². The number of nitrogens with one attached hydrogen (secondary N) is 1. The first-order valence-electron chi connectivity index (χ1n) is 5.86. The molecular weight excluding hydrogens is 324 g/mol. The zero-order valence-electron chi connectivity index (χ0n) is 11.1. The van der Waals surface area contributed by atoms with Gasteiger partial charge in [-0.2, -0.15) is 0 Å². The normalized spacial score (nSPS) is 12.0. The lowest BCUT2D eigenvalue weighted by atomic mass is 10.0. The van der Waals surface area contributed by atoms with Crippen LogP contribution >= 0.6 is 15.9 Å². The molecule has 0 radical (unpaired) electrons. The molecule has 1 unspecified atom stereocenters.